The number of benzene rings is 1. The zero-order chi connectivity index (χ0) is 12.1. The van der Waals surface area contributed by atoms with Crippen LogP contribution in [0.1, 0.15) is 18.1 Å². The SMILES string of the molecule is CCOc1cc(C)c(/C=C/C(=O)O)cc1Cl. The molecule has 0 aliphatic heterocycles. The van der Waals surface area contributed by atoms with Crippen molar-refractivity contribution >= 4 is 23.6 Å². The summed E-state index contributed by atoms with van der Waals surface area (Å²) in [6, 6.07) is 3.49. The molecular weight excluding hydrogens is 228 g/mol. The van der Waals surface area contributed by atoms with Crippen molar-refractivity contribution in [3.8, 4) is 5.75 Å². The van der Waals surface area contributed by atoms with Crippen molar-refractivity contribution in [1.82, 2.24) is 0 Å². The molecule has 86 valence electrons. The van der Waals surface area contributed by atoms with Gasteiger partial charge in [0.05, 0.1) is 11.6 Å². The minimum Gasteiger partial charge on any atom is -0.492 e. The van der Waals surface area contributed by atoms with E-state index in [0.29, 0.717) is 17.4 Å². The molecule has 0 fully saturated rings. The molecule has 0 aromatic heterocycles. The summed E-state index contributed by atoms with van der Waals surface area (Å²) in [6.45, 7) is 4.30. The van der Waals surface area contributed by atoms with E-state index in [1.165, 1.54) is 6.08 Å². The highest BCUT2D eigenvalue weighted by atomic mass is 35.5. The molecule has 0 unspecified atom stereocenters. The second-order valence-electron chi connectivity index (χ2n) is 3.24. The lowest BCUT2D eigenvalue weighted by atomic mass is 10.1. The van der Waals surface area contributed by atoms with Crippen LogP contribution in [0.5, 0.6) is 5.75 Å². The van der Waals surface area contributed by atoms with E-state index in [-0.39, 0.29) is 0 Å². The highest BCUT2D eigenvalue weighted by Gasteiger charge is 2.05. The van der Waals surface area contributed by atoms with Gasteiger partial charge in [-0.3, -0.25) is 0 Å². The summed E-state index contributed by atoms with van der Waals surface area (Å²) in [5.41, 5.74) is 1.70. The van der Waals surface area contributed by atoms with Crippen LogP contribution in [-0.4, -0.2) is 17.7 Å². The highest BCUT2D eigenvalue weighted by molar-refractivity contribution is 6.32. The van der Waals surface area contributed by atoms with Crippen LogP contribution < -0.4 is 4.74 Å². The molecule has 0 amide bonds. The van der Waals surface area contributed by atoms with Gasteiger partial charge in [0.15, 0.2) is 0 Å². The summed E-state index contributed by atoms with van der Waals surface area (Å²) in [7, 11) is 0. The van der Waals surface area contributed by atoms with E-state index in [4.69, 9.17) is 21.4 Å². The first-order valence-corrected chi connectivity index (χ1v) is 5.26. The van der Waals surface area contributed by atoms with Crippen molar-refractivity contribution in [3.05, 3.63) is 34.4 Å². The number of carboxylic acids is 1. The van der Waals surface area contributed by atoms with Crippen LogP contribution in [0.3, 0.4) is 0 Å². The smallest absolute Gasteiger partial charge is 0.328 e. The Bertz CT molecular complexity index is 425. The van der Waals surface area contributed by atoms with E-state index in [9.17, 15) is 4.79 Å². The number of carbonyl (C=O) groups is 1. The second kappa shape index (κ2) is 5.56. The number of carboxylic acid groups (broad SMARTS) is 1. The minimum absolute atomic E-state index is 0.484. The quantitative estimate of drug-likeness (QED) is 0.823. The molecule has 0 saturated carbocycles. The number of hydrogen-bond acceptors (Lipinski definition) is 2. The zero-order valence-electron chi connectivity index (χ0n) is 9.16. The van der Waals surface area contributed by atoms with E-state index < -0.39 is 5.97 Å². The molecule has 1 rings (SSSR count). The minimum atomic E-state index is -0.982. The molecule has 0 heterocycles. The summed E-state index contributed by atoms with van der Waals surface area (Å²) in [6.07, 6.45) is 2.60. The molecular formula is C12H13ClO3. The van der Waals surface area contributed by atoms with Gasteiger partial charge in [-0.05, 0) is 43.2 Å². The van der Waals surface area contributed by atoms with E-state index >= 15 is 0 Å². The van der Waals surface area contributed by atoms with Crippen molar-refractivity contribution < 1.29 is 14.6 Å². The molecule has 0 radical (unpaired) electrons. The number of aliphatic carboxylic acids is 1. The van der Waals surface area contributed by atoms with Crippen LogP contribution in [-0.2, 0) is 4.79 Å². The molecule has 4 heteroatoms. The molecule has 1 aromatic rings. The fourth-order valence-electron chi connectivity index (χ4n) is 1.28. The van der Waals surface area contributed by atoms with Crippen LogP contribution in [0.25, 0.3) is 6.08 Å². The lowest BCUT2D eigenvalue weighted by molar-refractivity contribution is -0.131. The number of halogens is 1. The summed E-state index contributed by atoms with van der Waals surface area (Å²) >= 11 is 5.99. The van der Waals surface area contributed by atoms with Crippen molar-refractivity contribution in [3.63, 3.8) is 0 Å². The maximum Gasteiger partial charge on any atom is 0.328 e. The Kier molecular flexibility index (Phi) is 4.38. The monoisotopic (exact) mass is 240 g/mol. The lowest BCUT2D eigenvalue weighted by Gasteiger charge is -2.08. The van der Waals surface area contributed by atoms with Crippen LogP contribution in [0.4, 0.5) is 0 Å². The van der Waals surface area contributed by atoms with Gasteiger partial charge in [0.25, 0.3) is 0 Å². The predicted octanol–water partition coefficient (Wildman–Crippen LogP) is 3.14. The Morgan fingerprint density at radius 2 is 2.25 bits per heavy atom. The van der Waals surface area contributed by atoms with Gasteiger partial charge in [0.2, 0.25) is 0 Å². The van der Waals surface area contributed by atoms with Crippen molar-refractivity contribution in [2.75, 3.05) is 6.61 Å². The van der Waals surface area contributed by atoms with Crippen molar-refractivity contribution in [2.45, 2.75) is 13.8 Å². The van der Waals surface area contributed by atoms with E-state index in [1.54, 1.807) is 12.1 Å². The van der Waals surface area contributed by atoms with Gasteiger partial charge in [0, 0.05) is 6.08 Å². The van der Waals surface area contributed by atoms with Gasteiger partial charge in [-0.2, -0.15) is 0 Å². The topological polar surface area (TPSA) is 46.5 Å². The van der Waals surface area contributed by atoms with Crippen LogP contribution in [0, 0.1) is 6.92 Å². The molecule has 16 heavy (non-hydrogen) atoms. The Labute approximate surface area is 99.3 Å². The summed E-state index contributed by atoms with van der Waals surface area (Å²) in [4.78, 5) is 10.4. The first kappa shape index (κ1) is 12.6. The maximum absolute atomic E-state index is 10.4. The fourth-order valence-corrected chi connectivity index (χ4v) is 1.50. The largest absolute Gasteiger partial charge is 0.492 e. The van der Waals surface area contributed by atoms with Gasteiger partial charge in [-0.15, -0.1) is 0 Å². The first-order valence-electron chi connectivity index (χ1n) is 4.88. The molecule has 1 aromatic carbocycles. The fraction of sp³-hybridized carbons (Fsp3) is 0.250. The average molecular weight is 241 g/mol. The highest BCUT2D eigenvalue weighted by Crippen LogP contribution is 2.28. The average Bonchev–Trinajstić information content (AvgIpc) is 2.21. The third-order valence-corrected chi connectivity index (χ3v) is 2.32. The summed E-state index contributed by atoms with van der Waals surface area (Å²) in [5.74, 6) is -0.362. The molecule has 3 nitrogen and oxygen atoms in total. The Morgan fingerprint density at radius 1 is 1.56 bits per heavy atom. The van der Waals surface area contributed by atoms with E-state index in [2.05, 4.69) is 0 Å². The van der Waals surface area contributed by atoms with Gasteiger partial charge >= 0.3 is 5.97 Å². The molecule has 1 N–H and O–H groups in total. The van der Waals surface area contributed by atoms with Crippen LogP contribution in [0.15, 0.2) is 18.2 Å². The van der Waals surface area contributed by atoms with Crippen molar-refractivity contribution in [2.24, 2.45) is 0 Å². The number of rotatable bonds is 4. The molecule has 0 saturated heterocycles. The van der Waals surface area contributed by atoms with Crippen LogP contribution in [0.2, 0.25) is 5.02 Å². The Balaban J connectivity index is 3.05. The second-order valence-corrected chi connectivity index (χ2v) is 3.65. The third-order valence-electron chi connectivity index (χ3n) is 2.03. The molecule has 0 aliphatic carbocycles. The first-order chi connectivity index (χ1) is 7.54. The van der Waals surface area contributed by atoms with E-state index in [0.717, 1.165) is 17.2 Å². The molecule has 0 spiro atoms. The third kappa shape index (κ3) is 3.28. The van der Waals surface area contributed by atoms with Crippen molar-refractivity contribution in [1.29, 1.82) is 0 Å². The summed E-state index contributed by atoms with van der Waals surface area (Å²) in [5, 5.41) is 9.01. The van der Waals surface area contributed by atoms with Crippen LogP contribution >= 0.6 is 11.6 Å². The number of aryl methyl sites for hydroxylation is 1. The molecule has 0 atom stereocenters. The van der Waals surface area contributed by atoms with E-state index in [1.807, 2.05) is 13.8 Å². The normalized spacial score (nSPS) is 10.7. The predicted molar refractivity (Wildman–Crippen MR) is 64.0 cm³/mol. The number of ether oxygens (including phenoxy) is 1. The maximum atomic E-state index is 10.4. The Morgan fingerprint density at radius 3 is 2.81 bits per heavy atom. The zero-order valence-corrected chi connectivity index (χ0v) is 9.91. The lowest BCUT2D eigenvalue weighted by Crippen LogP contribution is -1.94. The van der Waals surface area contributed by atoms with Gasteiger partial charge in [0.1, 0.15) is 5.75 Å². The molecule has 0 bridgehead atoms. The molecule has 0 aliphatic rings. The van der Waals surface area contributed by atoms with Gasteiger partial charge < -0.3 is 9.84 Å². The summed E-state index contributed by atoms with van der Waals surface area (Å²) < 4.78 is 5.33. The van der Waals surface area contributed by atoms with Gasteiger partial charge in [-0.1, -0.05) is 11.6 Å². The number of hydrogen-bond donors (Lipinski definition) is 1. The Hall–Kier alpha value is -1.48. The standard InChI is InChI=1S/C12H13ClO3/c1-3-16-11-6-8(2)9(7-10(11)13)4-5-12(14)15/h4-7H,3H2,1-2H3,(H,14,15)/b5-4+. The van der Waals surface area contributed by atoms with Gasteiger partial charge in [-0.25, -0.2) is 4.79 Å².